The molecule has 0 spiro atoms. The Bertz CT molecular complexity index is 568. The number of nitrogens with one attached hydrogen (secondary N) is 1. The average molecular weight is 348 g/mol. The van der Waals surface area contributed by atoms with Gasteiger partial charge in [-0.3, -0.25) is 4.79 Å². The van der Waals surface area contributed by atoms with Crippen molar-refractivity contribution in [2.24, 2.45) is 0 Å². The third-order valence-corrected chi connectivity index (χ3v) is 5.85. The summed E-state index contributed by atoms with van der Waals surface area (Å²) in [7, 11) is -1.16. The Labute approximate surface area is 146 Å². The number of esters is 1. The summed E-state index contributed by atoms with van der Waals surface area (Å²) in [6.07, 6.45) is 2.55. The van der Waals surface area contributed by atoms with Crippen molar-refractivity contribution in [3.63, 3.8) is 0 Å². The standard InChI is InChI=1S/C19H29NO3Si/c1-5-15-7-6-8-16(11-15)14-23-17-12-18(20-13-17)19(21)22-9-10-24(2,3)4/h5-8,11,17-18,20H,1,9-10,12-14H2,2-4H3/t17-,18+/m1/s1. The largest absolute Gasteiger partial charge is 0.465 e. The molecule has 1 N–H and O–H groups in total. The molecule has 4 nitrogen and oxygen atoms in total. The van der Waals surface area contributed by atoms with Crippen LogP contribution >= 0.6 is 0 Å². The summed E-state index contributed by atoms with van der Waals surface area (Å²) in [6, 6.07) is 8.89. The number of rotatable bonds is 8. The van der Waals surface area contributed by atoms with Crippen molar-refractivity contribution in [1.29, 1.82) is 0 Å². The molecule has 0 saturated carbocycles. The molecule has 0 radical (unpaired) electrons. The van der Waals surface area contributed by atoms with E-state index in [-0.39, 0.29) is 18.1 Å². The molecule has 24 heavy (non-hydrogen) atoms. The number of benzene rings is 1. The van der Waals surface area contributed by atoms with Gasteiger partial charge in [0.25, 0.3) is 0 Å². The van der Waals surface area contributed by atoms with Crippen molar-refractivity contribution in [1.82, 2.24) is 5.32 Å². The molecule has 1 aromatic carbocycles. The van der Waals surface area contributed by atoms with Gasteiger partial charge in [0.2, 0.25) is 0 Å². The maximum absolute atomic E-state index is 12.1. The highest BCUT2D eigenvalue weighted by atomic mass is 28.3. The molecule has 1 aliphatic heterocycles. The molecule has 1 aromatic rings. The van der Waals surface area contributed by atoms with Gasteiger partial charge in [-0.25, -0.2) is 0 Å². The van der Waals surface area contributed by atoms with Crippen LogP contribution in [-0.4, -0.2) is 39.3 Å². The second-order valence-corrected chi connectivity index (χ2v) is 13.2. The SMILES string of the molecule is C=Cc1cccc(CO[C@H]2CN[C@H](C(=O)OCC[Si](C)(C)C)C2)c1. The van der Waals surface area contributed by atoms with Crippen LogP contribution in [0.5, 0.6) is 0 Å². The van der Waals surface area contributed by atoms with E-state index in [9.17, 15) is 4.79 Å². The van der Waals surface area contributed by atoms with Gasteiger partial charge in [-0.15, -0.1) is 0 Å². The number of ether oxygens (including phenoxy) is 2. The first-order valence-electron chi connectivity index (χ1n) is 8.60. The Morgan fingerprint density at radius 1 is 1.42 bits per heavy atom. The molecule has 0 bridgehead atoms. The van der Waals surface area contributed by atoms with Crippen LogP contribution in [0.1, 0.15) is 17.5 Å². The van der Waals surface area contributed by atoms with Gasteiger partial charge in [-0.1, -0.05) is 50.5 Å². The third-order valence-electron chi connectivity index (χ3n) is 4.14. The zero-order chi connectivity index (χ0) is 17.6. The van der Waals surface area contributed by atoms with Gasteiger partial charge in [-0.05, 0) is 23.2 Å². The van der Waals surface area contributed by atoms with E-state index in [4.69, 9.17) is 9.47 Å². The minimum Gasteiger partial charge on any atom is -0.465 e. The van der Waals surface area contributed by atoms with Crippen LogP contribution in [0.15, 0.2) is 30.8 Å². The normalized spacial score (nSPS) is 20.8. The molecule has 1 aliphatic rings. The van der Waals surface area contributed by atoms with Gasteiger partial charge in [-0.2, -0.15) is 0 Å². The lowest BCUT2D eigenvalue weighted by Crippen LogP contribution is -2.33. The molecule has 1 fully saturated rings. The summed E-state index contributed by atoms with van der Waals surface area (Å²) in [5.74, 6) is -0.145. The maximum atomic E-state index is 12.1. The summed E-state index contributed by atoms with van der Waals surface area (Å²) in [5.41, 5.74) is 2.21. The van der Waals surface area contributed by atoms with Crippen molar-refractivity contribution in [2.75, 3.05) is 13.2 Å². The molecule has 2 atom stereocenters. The molecule has 1 heterocycles. The van der Waals surface area contributed by atoms with Crippen molar-refractivity contribution >= 4 is 20.1 Å². The van der Waals surface area contributed by atoms with E-state index in [1.54, 1.807) is 0 Å². The van der Waals surface area contributed by atoms with E-state index in [2.05, 4.69) is 37.6 Å². The molecule has 0 aliphatic carbocycles. The van der Waals surface area contributed by atoms with Crippen molar-refractivity contribution in [3.8, 4) is 0 Å². The second-order valence-electron chi connectivity index (χ2n) is 7.56. The first-order chi connectivity index (χ1) is 11.4. The summed E-state index contributed by atoms with van der Waals surface area (Å²) >= 11 is 0. The Morgan fingerprint density at radius 2 is 2.21 bits per heavy atom. The summed E-state index contributed by atoms with van der Waals surface area (Å²) in [4.78, 5) is 12.1. The van der Waals surface area contributed by atoms with E-state index in [0.29, 0.717) is 26.2 Å². The molecule has 1 saturated heterocycles. The second kappa shape index (κ2) is 8.60. The fourth-order valence-electron chi connectivity index (χ4n) is 2.59. The molecule has 2 rings (SSSR count). The minimum atomic E-state index is -1.16. The summed E-state index contributed by atoms with van der Waals surface area (Å²) < 4.78 is 11.3. The van der Waals surface area contributed by atoms with Gasteiger partial charge in [0.05, 0.1) is 19.3 Å². The van der Waals surface area contributed by atoms with Crippen LogP contribution in [0.4, 0.5) is 0 Å². The Morgan fingerprint density at radius 3 is 2.92 bits per heavy atom. The van der Waals surface area contributed by atoms with Crippen LogP contribution in [0, 0.1) is 0 Å². The molecule has 0 unspecified atom stereocenters. The Balaban J connectivity index is 1.72. The molecular weight excluding hydrogens is 318 g/mol. The fraction of sp³-hybridized carbons (Fsp3) is 0.526. The third kappa shape index (κ3) is 6.22. The maximum Gasteiger partial charge on any atom is 0.323 e. The lowest BCUT2D eigenvalue weighted by molar-refractivity contribution is -0.145. The predicted molar refractivity (Wildman–Crippen MR) is 101 cm³/mol. The fourth-order valence-corrected chi connectivity index (χ4v) is 3.31. The van der Waals surface area contributed by atoms with E-state index >= 15 is 0 Å². The van der Waals surface area contributed by atoms with Crippen molar-refractivity contribution in [2.45, 2.75) is 50.9 Å². The highest BCUT2D eigenvalue weighted by Gasteiger charge is 2.31. The van der Waals surface area contributed by atoms with Crippen molar-refractivity contribution < 1.29 is 14.3 Å². The highest BCUT2D eigenvalue weighted by Crippen LogP contribution is 2.16. The monoisotopic (exact) mass is 347 g/mol. The minimum absolute atomic E-state index is 0.0481. The topological polar surface area (TPSA) is 47.6 Å². The van der Waals surface area contributed by atoms with E-state index in [1.807, 2.05) is 24.3 Å². The lowest BCUT2D eigenvalue weighted by atomic mass is 10.1. The number of carbonyl (C=O) groups excluding carboxylic acids is 1. The lowest BCUT2D eigenvalue weighted by Gasteiger charge is -2.16. The van der Waals surface area contributed by atoms with E-state index < -0.39 is 8.07 Å². The number of hydrogen-bond acceptors (Lipinski definition) is 4. The summed E-state index contributed by atoms with van der Waals surface area (Å²) in [6.45, 7) is 12.4. The molecule has 132 valence electrons. The van der Waals surface area contributed by atoms with Gasteiger partial charge in [0, 0.05) is 21.0 Å². The van der Waals surface area contributed by atoms with Gasteiger partial charge in [0.15, 0.2) is 0 Å². The van der Waals surface area contributed by atoms with E-state index in [0.717, 1.165) is 17.2 Å². The molecule has 0 aromatic heterocycles. The number of hydrogen-bond donors (Lipinski definition) is 1. The summed E-state index contributed by atoms with van der Waals surface area (Å²) in [5, 5.41) is 3.21. The number of carbonyl (C=O) groups is 1. The van der Waals surface area contributed by atoms with E-state index in [1.165, 1.54) is 0 Å². The predicted octanol–water partition coefficient (Wildman–Crippen LogP) is 3.46. The Hall–Kier alpha value is -1.43. The Kier molecular flexibility index (Phi) is 6.77. The first kappa shape index (κ1) is 18.9. The van der Waals surface area contributed by atoms with Gasteiger partial charge in [0.1, 0.15) is 6.04 Å². The smallest absolute Gasteiger partial charge is 0.323 e. The van der Waals surface area contributed by atoms with Crippen molar-refractivity contribution in [3.05, 3.63) is 42.0 Å². The quantitative estimate of drug-likeness (QED) is 0.578. The highest BCUT2D eigenvalue weighted by molar-refractivity contribution is 6.76. The van der Waals surface area contributed by atoms with Crippen LogP contribution in [0.3, 0.4) is 0 Å². The zero-order valence-electron chi connectivity index (χ0n) is 15.0. The molecule has 0 amide bonds. The zero-order valence-corrected chi connectivity index (χ0v) is 16.0. The van der Waals surface area contributed by atoms with Crippen LogP contribution in [0.25, 0.3) is 6.08 Å². The molecule has 5 heteroatoms. The van der Waals surface area contributed by atoms with Crippen LogP contribution in [0.2, 0.25) is 25.7 Å². The average Bonchev–Trinajstić information content (AvgIpc) is 3.01. The molecular formula is C19H29NO3Si. The van der Waals surface area contributed by atoms with Crippen LogP contribution in [-0.2, 0) is 20.9 Å². The van der Waals surface area contributed by atoms with Gasteiger partial charge < -0.3 is 14.8 Å². The van der Waals surface area contributed by atoms with Gasteiger partial charge >= 0.3 is 5.97 Å². The van der Waals surface area contributed by atoms with Crippen LogP contribution < -0.4 is 5.32 Å². The first-order valence-corrected chi connectivity index (χ1v) is 12.3.